The van der Waals surface area contributed by atoms with E-state index in [0.29, 0.717) is 0 Å². The molecule has 0 heterocycles. The number of aliphatic hydroxyl groups excluding tert-OH is 1. The molecule has 0 amide bonds. The van der Waals surface area contributed by atoms with Gasteiger partial charge in [0.1, 0.15) is 0 Å². The van der Waals surface area contributed by atoms with Gasteiger partial charge in [-0.05, 0) is 12.8 Å². The lowest BCUT2D eigenvalue weighted by molar-refractivity contribution is -0.146. The number of carbonyl (C=O) groups is 1. The van der Waals surface area contributed by atoms with Crippen LogP contribution in [0.3, 0.4) is 0 Å². The lowest BCUT2D eigenvalue weighted by Gasteiger charge is -2.03. The van der Waals surface area contributed by atoms with E-state index in [2.05, 4.69) is 6.92 Å². The van der Waals surface area contributed by atoms with E-state index in [1.807, 2.05) is 6.08 Å². The normalized spacial score (nSPS) is 12.7. The fourth-order valence-electron chi connectivity index (χ4n) is 3.43. The highest BCUT2D eigenvalue weighted by molar-refractivity contribution is 5.72. The zero-order chi connectivity index (χ0) is 20.0. The van der Waals surface area contributed by atoms with Crippen molar-refractivity contribution in [1.29, 1.82) is 0 Å². The Morgan fingerprint density at radius 1 is 0.667 bits per heavy atom. The summed E-state index contributed by atoms with van der Waals surface area (Å²) in [5.41, 5.74) is 0. The Kier molecular flexibility index (Phi) is 20.8. The molecule has 0 spiro atoms. The molecule has 0 aromatic heterocycles. The molecule has 0 aliphatic heterocycles. The number of allylic oxidation sites excluding steroid dienone is 1. The van der Waals surface area contributed by atoms with Crippen LogP contribution in [0.1, 0.15) is 129 Å². The van der Waals surface area contributed by atoms with Crippen LogP contribution in [-0.4, -0.2) is 22.3 Å². The van der Waals surface area contributed by atoms with Gasteiger partial charge in [-0.15, -0.1) is 0 Å². The molecule has 0 rings (SSSR count). The molecule has 0 bridgehead atoms. The van der Waals surface area contributed by atoms with Crippen LogP contribution >= 0.6 is 0 Å². The predicted octanol–water partition coefficient (Wildman–Crippen LogP) is 7.42. The van der Waals surface area contributed by atoms with Gasteiger partial charge in [-0.2, -0.15) is 0 Å². The zero-order valence-corrected chi connectivity index (χ0v) is 18.0. The number of rotatable bonds is 21. The average molecular weight is 383 g/mol. The topological polar surface area (TPSA) is 57.5 Å². The standard InChI is InChI=1S/C24H46O3/c1-2-3-4-5-6-7-8-9-10-11-12-13-14-15-16-17-18-19-20-21-22-23(25)24(26)27/h20-21,23,25H,2-19,22H2,1H3,(H,26,27)/b21-20+. The minimum Gasteiger partial charge on any atom is -0.479 e. The van der Waals surface area contributed by atoms with Gasteiger partial charge in [0.15, 0.2) is 6.10 Å². The summed E-state index contributed by atoms with van der Waals surface area (Å²) in [5.74, 6) is -1.14. The first kappa shape index (κ1) is 26.2. The van der Waals surface area contributed by atoms with Gasteiger partial charge in [0.25, 0.3) is 0 Å². The van der Waals surface area contributed by atoms with Crippen molar-refractivity contribution in [2.45, 2.75) is 135 Å². The van der Waals surface area contributed by atoms with Crippen molar-refractivity contribution in [3.05, 3.63) is 12.2 Å². The van der Waals surface area contributed by atoms with Crippen LogP contribution in [0, 0.1) is 0 Å². The van der Waals surface area contributed by atoms with E-state index in [9.17, 15) is 4.79 Å². The van der Waals surface area contributed by atoms with E-state index < -0.39 is 12.1 Å². The molecule has 160 valence electrons. The van der Waals surface area contributed by atoms with Crippen LogP contribution in [0.4, 0.5) is 0 Å². The van der Waals surface area contributed by atoms with Crippen molar-refractivity contribution in [2.24, 2.45) is 0 Å². The summed E-state index contributed by atoms with van der Waals surface area (Å²) in [6.07, 6.45) is 27.2. The molecule has 0 saturated heterocycles. The predicted molar refractivity (Wildman–Crippen MR) is 116 cm³/mol. The molecule has 0 fully saturated rings. The molecule has 2 N–H and O–H groups in total. The molecule has 0 saturated carbocycles. The third kappa shape index (κ3) is 21.3. The van der Waals surface area contributed by atoms with E-state index >= 15 is 0 Å². The summed E-state index contributed by atoms with van der Waals surface area (Å²) in [7, 11) is 0. The quantitative estimate of drug-likeness (QED) is 0.160. The molecular formula is C24H46O3. The lowest BCUT2D eigenvalue weighted by Crippen LogP contribution is -2.17. The van der Waals surface area contributed by atoms with E-state index in [0.717, 1.165) is 12.8 Å². The highest BCUT2D eigenvalue weighted by Gasteiger charge is 2.09. The van der Waals surface area contributed by atoms with Crippen molar-refractivity contribution < 1.29 is 15.0 Å². The molecule has 0 aliphatic rings. The maximum atomic E-state index is 10.4. The summed E-state index contributed by atoms with van der Waals surface area (Å²) in [6.45, 7) is 2.28. The first-order valence-corrected chi connectivity index (χ1v) is 11.7. The van der Waals surface area contributed by atoms with E-state index in [1.54, 1.807) is 6.08 Å². The van der Waals surface area contributed by atoms with Gasteiger partial charge in [0, 0.05) is 6.42 Å². The second-order valence-electron chi connectivity index (χ2n) is 8.01. The molecule has 0 radical (unpaired) electrons. The van der Waals surface area contributed by atoms with Gasteiger partial charge in [0.05, 0.1) is 0 Å². The Hall–Kier alpha value is -0.830. The Labute approximate surface area is 168 Å². The first-order valence-electron chi connectivity index (χ1n) is 11.7. The van der Waals surface area contributed by atoms with E-state index in [1.165, 1.54) is 103 Å². The number of unbranched alkanes of at least 4 members (excludes halogenated alkanes) is 17. The number of hydrogen-bond donors (Lipinski definition) is 2. The van der Waals surface area contributed by atoms with Crippen molar-refractivity contribution in [3.8, 4) is 0 Å². The van der Waals surface area contributed by atoms with Gasteiger partial charge >= 0.3 is 5.97 Å². The fraction of sp³-hybridized carbons (Fsp3) is 0.875. The molecule has 0 aromatic carbocycles. The molecule has 3 heteroatoms. The van der Waals surface area contributed by atoms with Crippen LogP contribution in [-0.2, 0) is 4.79 Å². The average Bonchev–Trinajstić information content (AvgIpc) is 2.66. The zero-order valence-electron chi connectivity index (χ0n) is 18.0. The van der Waals surface area contributed by atoms with Gasteiger partial charge in [-0.3, -0.25) is 0 Å². The summed E-state index contributed by atoms with van der Waals surface area (Å²) in [5, 5.41) is 17.7. The molecule has 0 aliphatic carbocycles. The fourth-order valence-corrected chi connectivity index (χ4v) is 3.43. The van der Waals surface area contributed by atoms with Gasteiger partial charge in [-0.1, -0.05) is 122 Å². The molecule has 27 heavy (non-hydrogen) atoms. The number of carboxylic acid groups (broad SMARTS) is 1. The molecule has 1 atom stereocenters. The van der Waals surface area contributed by atoms with Crippen molar-refractivity contribution in [2.75, 3.05) is 0 Å². The lowest BCUT2D eigenvalue weighted by atomic mass is 10.0. The Balaban J connectivity index is 3.11. The number of carboxylic acids is 1. The number of aliphatic hydroxyl groups is 1. The third-order valence-corrected chi connectivity index (χ3v) is 5.29. The van der Waals surface area contributed by atoms with Crippen molar-refractivity contribution in [1.82, 2.24) is 0 Å². The smallest absolute Gasteiger partial charge is 0.332 e. The van der Waals surface area contributed by atoms with Crippen LogP contribution in [0.25, 0.3) is 0 Å². The maximum absolute atomic E-state index is 10.4. The summed E-state index contributed by atoms with van der Waals surface area (Å²) in [6, 6.07) is 0. The summed E-state index contributed by atoms with van der Waals surface area (Å²) >= 11 is 0. The van der Waals surface area contributed by atoms with Crippen LogP contribution < -0.4 is 0 Å². The van der Waals surface area contributed by atoms with Crippen LogP contribution in [0.5, 0.6) is 0 Å². The third-order valence-electron chi connectivity index (χ3n) is 5.29. The molecule has 3 nitrogen and oxygen atoms in total. The summed E-state index contributed by atoms with van der Waals surface area (Å²) in [4.78, 5) is 10.4. The largest absolute Gasteiger partial charge is 0.479 e. The maximum Gasteiger partial charge on any atom is 0.332 e. The number of aliphatic carboxylic acids is 1. The van der Waals surface area contributed by atoms with Gasteiger partial charge in [-0.25, -0.2) is 4.79 Å². The monoisotopic (exact) mass is 382 g/mol. The Morgan fingerprint density at radius 2 is 1.04 bits per heavy atom. The molecule has 0 aromatic rings. The second-order valence-corrected chi connectivity index (χ2v) is 8.01. The van der Waals surface area contributed by atoms with E-state index in [-0.39, 0.29) is 6.42 Å². The highest BCUT2D eigenvalue weighted by Crippen LogP contribution is 2.14. The minimum atomic E-state index is -1.25. The van der Waals surface area contributed by atoms with Gasteiger partial charge in [0.2, 0.25) is 0 Å². The van der Waals surface area contributed by atoms with Crippen LogP contribution in [0.2, 0.25) is 0 Å². The van der Waals surface area contributed by atoms with E-state index in [4.69, 9.17) is 10.2 Å². The van der Waals surface area contributed by atoms with Crippen molar-refractivity contribution >= 4 is 5.97 Å². The molecule has 1 unspecified atom stereocenters. The second kappa shape index (κ2) is 21.5. The number of hydrogen-bond acceptors (Lipinski definition) is 2. The van der Waals surface area contributed by atoms with Crippen molar-refractivity contribution in [3.63, 3.8) is 0 Å². The minimum absolute atomic E-state index is 0.217. The molecular weight excluding hydrogens is 336 g/mol. The SMILES string of the molecule is CCCCCCCCCCCCCCCCCCC/C=C/CC(O)C(=O)O. The van der Waals surface area contributed by atoms with Crippen LogP contribution in [0.15, 0.2) is 12.2 Å². The van der Waals surface area contributed by atoms with Gasteiger partial charge < -0.3 is 10.2 Å². The first-order chi connectivity index (χ1) is 13.2. The summed E-state index contributed by atoms with van der Waals surface area (Å²) < 4.78 is 0. The Bertz CT molecular complexity index is 339. The highest BCUT2D eigenvalue weighted by atomic mass is 16.4. The Morgan fingerprint density at radius 3 is 1.41 bits per heavy atom.